The Morgan fingerprint density at radius 2 is 2.06 bits per heavy atom. The van der Waals surface area contributed by atoms with Gasteiger partial charge in [-0.25, -0.2) is 22.8 Å². The Kier molecular flexibility index (Phi) is 6.48. The number of amides is 1. The van der Waals surface area contributed by atoms with E-state index in [1.807, 2.05) is 11.0 Å². The summed E-state index contributed by atoms with van der Waals surface area (Å²) in [5.74, 6) is -0.328. The van der Waals surface area contributed by atoms with Crippen LogP contribution in [0.15, 0.2) is 42.1 Å². The minimum absolute atomic E-state index is 0.110. The van der Waals surface area contributed by atoms with Crippen LogP contribution < -0.4 is 10.2 Å². The van der Waals surface area contributed by atoms with Crippen molar-refractivity contribution in [3.05, 3.63) is 64.2 Å². The van der Waals surface area contributed by atoms with Crippen molar-refractivity contribution in [1.82, 2.24) is 15.3 Å². The van der Waals surface area contributed by atoms with Crippen LogP contribution in [0.3, 0.4) is 0 Å². The van der Waals surface area contributed by atoms with Gasteiger partial charge in [0.2, 0.25) is 0 Å². The van der Waals surface area contributed by atoms with Crippen molar-refractivity contribution in [3.8, 4) is 0 Å². The molecule has 10 heteroatoms. The fourth-order valence-corrected chi connectivity index (χ4v) is 5.51. The summed E-state index contributed by atoms with van der Waals surface area (Å²) in [7, 11) is -3.23. The molecule has 0 radical (unpaired) electrons. The largest absolute Gasteiger partial charge is 0.348 e. The van der Waals surface area contributed by atoms with Crippen LogP contribution in [-0.2, 0) is 9.84 Å². The summed E-state index contributed by atoms with van der Waals surface area (Å²) >= 11 is 6.18. The number of rotatable bonds is 7. The second-order valence-corrected chi connectivity index (χ2v) is 10.6. The number of hydrogen-bond donors (Lipinski definition) is 1. The van der Waals surface area contributed by atoms with Crippen LogP contribution in [0.5, 0.6) is 0 Å². The molecule has 1 aliphatic carbocycles. The van der Waals surface area contributed by atoms with E-state index in [2.05, 4.69) is 15.3 Å². The molecule has 1 aliphatic heterocycles. The highest BCUT2D eigenvalue weighted by atomic mass is 35.5. The highest BCUT2D eigenvalue weighted by molar-refractivity contribution is 7.95. The Labute approximate surface area is 191 Å². The smallest absolute Gasteiger partial charge is 0.271 e. The van der Waals surface area contributed by atoms with E-state index in [0.29, 0.717) is 24.2 Å². The maximum Gasteiger partial charge on any atom is 0.271 e. The lowest BCUT2D eigenvalue weighted by atomic mass is 10.0. The molecule has 7 nitrogen and oxygen atoms in total. The third-order valence-electron chi connectivity index (χ3n) is 5.66. The maximum absolute atomic E-state index is 13.9. The molecular formula is C22H24ClFN4O3S. The molecule has 2 atom stereocenters. The van der Waals surface area contributed by atoms with E-state index < -0.39 is 27.6 Å². The van der Waals surface area contributed by atoms with Crippen molar-refractivity contribution in [2.24, 2.45) is 0 Å². The number of halogens is 2. The van der Waals surface area contributed by atoms with E-state index in [0.717, 1.165) is 19.4 Å². The topological polar surface area (TPSA) is 92.3 Å². The number of sulfone groups is 1. The average Bonchev–Trinajstić information content (AvgIpc) is 3.53. The number of nitrogens with one attached hydrogen (secondary N) is 1. The van der Waals surface area contributed by atoms with Gasteiger partial charge in [-0.1, -0.05) is 29.8 Å². The molecule has 0 unspecified atom stereocenters. The Balaban J connectivity index is 1.42. The van der Waals surface area contributed by atoms with Gasteiger partial charge in [-0.05, 0) is 44.2 Å². The van der Waals surface area contributed by atoms with Crippen molar-refractivity contribution in [1.29, 1.82) is 0 Å². The SMILES string of the molecule is C[C@H](/C=C/S(=O)(=O)C1CC1)NC(=O)c1cnc(N2CCC[C@@H]2c2cccc(F)c2Cl)cn1. The normalized spacial score (nSPS) is 20.0. The molecule has 4 rings (SSSR count). The zero-order valence-electron chi connectivity index (χ0n) is 17.5. The fourth-order valence-electron chi connectivity index (χ4n) is 3.79. The van der Waals surface area contributed by atoms with Crippen LogP contribution in [0.1, 0.15) is 54.7 Å². The van der Waals surface area contributed by atoms with Crippen LogP contribution in [-0.4, -0.2) is 42.1 Å². The number of anilines is 1. The highest BCUT2D eigenvalue weighted by Gasteiger charge is 2.33. The molecule has 1 saturated carbocycles. The van der Waals surface area contributed by atoms with Crippen molar-refractivity contribution in [3.63, 3.8) is 0 Å². The van der Waals surface area contributed by atoms with Gasteiger partial charge in [-0.3, -0.25) is 4.79 Å². The van der Waals surface area contributed by atoms with Crippen molar-refractivity contribution < 1.29 is 17.6 Å². The molecule has 2 aromatic rings. The molecule has 1 amide bonds. The molecule has 170 valence electrons. The van der Waals surface area contributed by atoms with E-state index in [4.69, 9.17) is 11.6 Å². The van der Waals surface area contributed by atoms with Gasteiger partial charge in [0.15, 0.2) is 9.84 Å². The zero-order chi connectivity index (χ0) is 22.9. The average molecular weight is 479 g/mol. The molecule has 0 bridgehead atoms. The lowest BCUT2D eigenvalue weighted by Crippen LogP contribution is -2.32. The number of carbonyl (C=O) groups excluding carboxylic acids is 1. The predicted molar refractivity (Wildman–Crippen MR) is 121 cm³/mol. The second kappa shape index (κ2) is 9.15. The minimum atomic E-state index is -3.23. The Morgan fingerprint density at radius 1 is 1.28 bits per heavy atom. The molecule has 2 aliphatic rings. The minimum Gasteiger partial charge on any atom is -0.348 e. The molecule has 32 heavy (non-hydrogen) atoms. The monoisotopic (exact) mass is 478 g/mol. The lowest BCUT2D eigenvalue weighted by Gasteiger charge is -2.26. The van der Waals surface area contributed by atoms with E-state index in [9.17, 15) is 17.6 Å². The molecule has 0 spiro atoms. The first-order valence-electron chi connectivity index (χ1n) is 10.5. The summed E-state index contributed by atoms with van der Waals surface area (Å²) in [6, 6.07) is 4.18. The summed E-state index contributed by atoms with van der Waals surface area (Å²) in [5, 5.41) is 3.71. The highest BCUT2D eigenvalue weighted by Crippen LogP contribution is 2.38. The lowest BCUT2D eigenvalue weighted by molar-refractivity contribution is 0.0941. The molecule has 1 aromatic carbocycles. The predicted octanol–water partition coefficient (Wildman–Crippen LogP) is 3.82. The standard InChI is InChI=1S/C22H24ClFN4O3S/c1-14(9-11-32(30,31)15-7-8-15)27-22(29)18-12-26-20(13-25-18)28-10-3-6-19(28)16-4-2-5-17(24)21(16)23/h2,4-5,9,11-15,19H,3,6-8,10H2,1H3,(H,27,29)/b11-9+/t14-,19-/m1/s1. The number of benzene rings is 1. The fraction of sp³-hybridized carbons (Fsp3) is 0.409. The first-order valence-corrected chi connectivity index (χ1v) is 12.5. The maximum atomic E-state index is 13.9. The first kappa shape index (κ1) is 22.7. The van der Waals surface area contributed by atoms with Gasteiger partial charge < -0.3 is 10.2 Å². The summed E-state index contributed by atoms with van der Waals surface area (Å²) in [6.07, 6.45) is 7.45. The Morgan fingerprint density at radius 3 is 2.75 bits per heavy atom. The summed E-state index contributed by atoms with van der Waals surface area (Å²) < 4.78 is 37.8. The summed E-state index contributed by atoms with van der Waals surface area (Å²) in [5.41, 5.74) is 0.827. The molecular weight excluding hydrogens is 455 g/mol. The van der Waals surface area contributed by atoms with Gasteiger partial charge >= 0.3 is 0 Å². The van der Waals surface area contributed by atoms with Crippen molar-refractivity contribution in [2.75, 3.05) is 11.4 Å². The van der Waals surface area contributed by atoms with Gasteiger partial charge in [-0.2, -0.15) is 0 Å². The van der Waals surface area contributed by atoms with E-state index >= 15 is 0 Å². The van der Waals surface area contributed by atoms with Crippen LogP contribution >= 0.6 is 11.6 Å². The van der Waals surface area contributed by atoms with Crippen LogP contribution in [0.2, 0.25) is 5.02 Å². The third kappa shape index (κ3) is 4.94. The van der Waals surface area contributed by atoms with Gasteiger partial charge in [0.1, 0.15) is 17.3 Å². The Bertz CT molecular complexity index is 1140. The zero-order valence-corrected chi connectivity index (χ0v) is 19.1. The van der Waals surface area contributed by atoms with Gasteiger partial charge in [0, 0.05) is 18.0 Å². The molecule has 1 aromatic heterocycles. The molecule has 2 fully saturated rings. The Hall–Kier alpha value is -2.52. The first-order chi connectivity index (χ1) is 15.3. The number of hydrogen-bond acceptors (Lipinski definition) is 6. The molecule has 1 N–H and O–H groups in total. The number of carbonyl (C=O) groups is 1. The van der Waals surface area contributed by atoms with Crippen molar-refractivity contribution in [2.45, 2.75) is 49.9 Å². The summed E-state index contributed by atoms with van der Waals surface area (Å²) in [4.78, 5) is 23.1. The molecule has 1 saturated heterocycles. The van der Waals surface area contributed by atoms with Crippen LogP contribution in [0.4, 0.5) is 10.2 Å². The van der Waals surface area contributed by atoms with E-state index in [1.54, 1.807) is 13.0 Å². The van der Waals surface area contributed by atoms with Crippen LogP contribution in [0, 0.1) is 5.82 Å². The van der Waals surface area contributed by atoms with Gasteiger partial charge in [-0.15, -0.1) is 0 Å². The summed E-state index contributed by atoms with van der Waals surface area (Å²) in [6.45, 7) is 2.41. The number of aromatic nitrogens is 2. The molecule has 2 heterocycles. The van der Waals surface area contributed by atoms with E-state index in [1.165, 1.54) is 29.9 Å². The van der Waals surface area contributed by atoms with Gasteiger partial charge in [0.05, 0.1) is 28.7 Å². The van der Waals surface area contributed by atoms with Crippen molar-refractivity contribution >= 4 is 33.2 Å². The number of nitrogens with zero attached hydrogens (tertiary/aromatic N) is 3. The van der Waals surface area contributed by atoms with Crippen LogP contribution in [0.25, 0.3) is 0 Å². The quantitative estimate of drug-likeness (QED) is 0.650. The second-order valence-electron chi connectivity index (χ2n) is 8.13. The van der Waals surface area contributed by atoms with Gasteiger partial charge in [0.25, 0.3) is 5.91 Å². The third-order valence-corrected chi connectivity index (χ3v) is 8.00. The van der Waals surface area contributed by atoms with E-state index in [-0.39, 0.29) is 22.0 Å².